The molecule has 2 heterocycles. The first kappa shape index (κ1) is 13.0. The van der Waals surface area contributed by atoms with Crippen LogP contribution < -0.4 is 11.2 Å². The van der Waals surface area contributed by atoms with Crippen LogP contribution in [0.2, 0.25) is 0 Å². The Labute approximate surface area is 103 Å². The van der Waals surface area contributed by atoms with Gasteiger partial charge in [-0.15, -0.1) is 0 Å². The van der Waals surface area contributed by atoms with E-state index in [4.69, 9.17) is 9.84 Å². The monoisotopic (exact) mass is 256 g/mol. The first-order valence-corrected chi connectivity index (χ1v) is 5.85. The SMILES string of the molecule is CCc1cn([C@@H]2CC(O)[C@H](CO)O2)c(=O)[nH]c1=O. The van der Waals surface area contributed by atoms with Crippen molar-refractivity contribution in [3.63, 3.8) is 0 Å². The van der Waals surface area contributed by atoms with Crippen molar-refractivity contribution in [2.75, 3.05) is 6.61 Å². The van der Waals surface area contributed by atoms with Gasteiger partial charge in [0.25, 0.3) is 5.56 Å². The fraction of sp³-hybridized carbons (Fsp3) is 0.636. The zero-order valence-electron chi connectivity index (χ0n) is 10.00. The molecule has 1 fully saturated rings. The first-order chi connectivity index (χ1) is 8.56. The van der Waals surface area contributed by atoms with Crippen molar-refractivity contribution in [3.05, 3.63) is 32.6 Å². The standard InChI is InChI=1S/C11H16N2O5/c1-2-6-4-13(11(17)12-10(6)16)9-3-7(15)8(5-14)18-9/h4,7-9,14-15H,2-3,5H2,1H3,(H,12,16,17)/t7?,8-,9-/m0/s1. The number of aliphatic hydroxyl groups is 2. The summed E-state index contributed by atoms with van der Waals surface area (Å²) >= 11 is 0. The van der Waals surface area contributed by atoms with Gasteiger partial charge in [-0.1, -0.05) is 6.92 Å². The molecule has 1 aromatic heterocycles. The number of hydrogen-bond acceptors (Lipinski definition) is 5. The number of aryl methyl sites for hydroxylation is 1. The van der Waals surface area contributed by atoms with Gasteiger partial charge in [-0.25, -0.2) is 4.79 Å². The van der Waals surface area contributed by atoms with Gasteiger partial charge < -0.3 is 14.9 Å². The largest absolute Gasteiger partial charge is 0.394 e. The molecule has 1 saturated heterocycles. The summed E-state index contributed by atoms with van der Waals surface area (Å²) in [6.45, 7) is 1.50. The Balaban J connectivity index is 2.35. The minimum atomic E-state index is -0.816. The van der Waals surface area contributed by atoms with Gasteiger partial charge in [0, 0.05) is 18.2 Å². The number of ether oxygens (including phenoxy) is 1. The molecule has 3 atom stereocenters. The van der Waals surface area contributed by atoms with E-state index in [1.165, 1.54) is 10.8 Å². The highest BCUT2D eigenvalue weighted by Crippen LogP contribution is 2.27. The molecule has 1 aliphatic heterocycles. The normalized spacial score (nSPS) is 27.6. The van der Waals surface area contributed by atoms with E-state index < -0.39 is 29.7 Å². The molecule has 1 aliphatic rings. The van der Waals surface area contributed by atoms with Crippen molar-refractivity contribution in [2.45, 2.75) is 38.2 Å². The molecule has 100 valence electrons. The Morgan fingerprint density at radius 3 is 2.83 bits per heavy atom. The summed E-state index contributed by atoms with van der Waals surface area (Å²) in [5, 5.41) is 18.6. The Morgan fingerprint density at radius 1 is 1.56 bits per heavy atom. The molecule has 7 heteroatoms. The van der Waals surface area contributed by atoms with Crippen LogP contribution in [0.1, 0.15) is 25.1 Å². The maximum absolute atomic E-state index is 11.7. The first-order valence-electron chi connectivity index (χ1n) is 5.85. The summed E-state index contributed by atoms with van der Waals surface area (Å²) in [5.41, 5.74) is -0.510. The Morgan fingerprint density at radius 2 is 2.28 bits per heavy atom. The summed E-state index contributed by atoms with van der Waals surface area (Å²) in [6.07, 6.45) is -0.0259. The molecular formula is C11H16N2O5. The van der Waals surface area contributed by atoms with Gasteiger partial charge in [-0.2, -0.15) is 0 Å². The molecule has 0 spiro atoms. The molecule has 2 rings (SSSR count). The van der Waals surface area contributed by atoms with Crippen molar-refractivity contribution in [2.24, 2.45) is 0 Å². The third-order valence-electron chi connectivity index (χ3n) is 3.12. The van der Waals surface area contributed by atoms with Crippen LogP contribution in [0.25, 0.3) is 0 Å². The second kappa shape index (κ2) is 5.05. The van der Waals surface area contributed by atoms with Gasteiger partial charge in [-0.3, -0.25) is 14.3 Å². The molecule has 0 bridgehead atoms. The van der Waals surface area contributed by atoms with E-state index >= 15 is 0 Å². The molecule has 0 radical (unpaired) electrons. The quantitative estimate of drug-likeness (QED) is 0.626. The van der Waals surface area contributed by atoms with E-state index in [-0.39, 0.29) is 13.0 Å². The summed E-state index contributed by atoms with van der Waals surface area (Å²) in [5.74, 6) is 0. The maximum Gasteiger partial charge on any atom is 0.330 e. The van der Waals surface area contributed by atoms with Crippen LogP contribution in [-0.4, -0.2) is 38.6 Å². The highest BCUT2D eigenvalue weighted by Gasteiger charge is 2.35. The van der Waals surface area contributed by atoms with E-state index in [2.05, 4.69) is 4.98 Å². The Kier molecular flexibility index (Phi) is 3.65. The van der Waals surface area contributed by atoms with Gasteiger partial charge in [0.2, 0.25) is 0 Å². The van der Waals surface area contributed by atoms with Crippen LogP contribution in [0.15, 0.2) is 15.8 Å². The lowest BCUT2D eigenvalue weighted by atomic mass is 10.2. The second-order valence-corrected chi connectivity index (χ2v) is 4.29. The van der Waals surface area contributed by atoms with Crippen LogP contribution in [0.5, 0.6) is 0 Å². The third-order valence-corrected chi connectivity index (χ3v) is 3.12. The summed E-state index contributed by atoms with van der Waals surface area (Å²) in [6, 6.07) is 0. The van der Waals surface area contributed by atoms with Crippen LogP contribution >= 0.6 is 0 Å². The highest BCUT2D eigenvalue weighted by atomic mass is 16.5. The molecule has 1 aromatic rings. The van der Waals surface area contributed by atoms with Crippen molar-refractivity contribution in [3.8, 4) is 0 Å². The van der Waals surface area contributed by atoms with Crippen LogP contribution in [0, 0.1) is 0 Å². The number of nitrogens with zero attached hydrogens (tertiary/aromatic N) is 1. The number of hydrogen-bond donors (Lipinski definition) is 3. The topological polar surface area (TPSA) is 105 Å². The van der Waals surface area contributed by atoms with E-state index in [0.717, 1.165) is 0 Å². The molecule has 0 aromatic carbocycles. The molecule has 18 heavy (non-hydrogen) atoms. The van der Waals surface area contributed by atoms with Crippen molar-refractivity contribution in [1.29, 1.82) is 0 Å². The highest BCUT2D eigenvalue weighted by molar-refractivity contribution is 5.04. The van der Waals surface area contributed by atoms with Gasteiger partial charge in [0.05, 0.1) is 12.7 Å². The molecule has 0 aliphatic carbocycles. The molecule has 7 nitrogen and oxygen atoms in total. The second-order valence-electron chi connectivity index (χ2n) is 4.29. The lowest BCUT2D eigenvalue weighted by Crippen LogP contribution is -2.34. The predicted octanol–water partition coefficient (Wildman–Crippen LogP) is -1.26. The van der Waals surface area contributed by atoms with Crippen LogP contribution in [-0.2, 0) is 11.2 Å². The summed E-state index contributed by atoms with van der Waals surface area (Å²) in [7, 11) is 0. The lowest BCUT2D eigenvalue weighted by Gasteiger charge is -2.14. The molecule has 3 N–H and O–H groups in total. The van der Waals surface area contributed by atoms with Gasteiger partial charge in [-0.05, 0) is 6.42 Å². The van der Waals surface area contributed by atoms with Gasteiger partial charge in [0.15, 0.2) is 0 Å². The number of H-pyrrole nitrogens is 1. The molecule has 0 amide bonds. The number of nitrogens with one attached hydrogen (secondary N) is 1. The Hall–Kier alpha value is -1.44. The Bertz CT molecular complexity index is 535. The zero-order chi connectivity index (χ0) is 13.3. The minimum Gasteiger partial charge on any atom is -0.394 e. The fourth-order valence-electron chi connectivity index (χ4n) is 2.04. The summed E-state index contributed by atoms with van der Waals surface area (Å²) < 4.78 is 6.62. The van der Waals surface area contributed by atoms with Gasteiger partial charge >= 0.3 is 5.69 Å². The number of aliphatic hydroxyl groups excluding tert-OH is 2. The average Bonchev–Trinajstić information content (AvgIpc) is 2.70. The van der Waals surface area contributed by atoms with E-state index in [1.807, 2.05) is 0 Å². The van der Waals surface area contributed by atoms with Crippen molar-refractivity contribution >= 4 is 0 Å². The summed E-state index contributed by atoms with van der Waals surface area (Å²) in [4.78, 5) is 25.3. The molecule has 1 unspecified atom stereocenters. The smallest absolute Gasteiger partial charge is 0.330 e. The predicted molar refractivity (Wildman–Crippen MR) is 62.3 cm³/mol. The lowest BCUT2D eigenvalue weighted by molar-refractivity contribution is -0.0459. The zero-order valence-corrected chi connectivity index (χ0v) is 10.00. The van der Waals surface area contributed by atoms with Crippen molar-refractivity contribution < 1.29 is 14.9 Å². The molecule has 0 saturated carbocycles. The van der Waals surface area contributed by atoms with E-state index in [0.29, 0.717) is 12.0 Å². The van der Waals surface area contributed by atoms with E-state index in [9.17, 15) is 14.7 Å². The minimum absolute atomic E-state index is 0.209. The van der Waals surface area contributed by atoms with Crippen LogP contribution in [0.4, 0.5) is 0 Å². The third kappa shape index (κ3) is 2.24. The number of aromatic amines is 1. The fourth-order valence-corrected chi connectivity index (χ4v) is 2.04. The number of rotatable bonds is 3. The number of aromatic nitrogens is 2. The van der Waals surface area contributed by atoms with Crippen LogP contribution in [0.3, 0.4) is 0 Å². The molecular weight excluding hydrogens is 240 g/mol. The van der Waals surface area contributed by atoms with Gasteiger partial charge in [0.1, 0.15) is 12.3 Å². The maximum atomic E-state index is 11.7. The average molecular weight is 256 g/mol. The van der Waals surface area contributed by atoms with E-state index in [1.54, 1.807) is 6.92 Å². The van der Waals surface area contributed by atoms with Crippen molar-refractivity contribution in [1.82, 2.24) is 9.55 Å².